The molecule has 0 aliphatic carbocycles. The van der Waals surface area contributed by atoms with Gasteiger partial charge in [-0.15, -0.1) is 0 Å². The molecule has 2 heterocycles. The molecule has 0 saturated carbocycles. The lowest BCUT2D eigenvalue weighted by Crippen LogP contribution is -1.76. The van der Waals surface area contributed by atoms with E-state index in [2.05, 4.69) is 9.36 Å². The van der Waals surface area contributed by atoms with Crippen molar-refractivity contribution in [3.63, 3.8) is 0 Å². The second-order valence-electron chi connectivity index (χ2n) is 2.47. The Balaban J connectivity index is 2.41. The third kappa shape index (κ3) is 1.62. The van der Waals surface area contributed by atoms with Crippen molar-refractivity contribution >= 4 is 17.8 Å². The molecule has 3 nitrogen and oxygen atoms in total. The molecular formula is C9H6N2OS. The molecule has 13 heavy (non-hydrogen) atoms. The molecule has 0 aliphatic rings. The monoisotopic (exact) mass is 190 g/mol. The van der Waals surface area contributed by atoms with Gasteiger partial charge in [-0.25, -0.2) is 0 Å². The van der Waals surface area contributed by atoms with Gasteiger partial charge in [0.15, 0.2) is 6.29 Å². The first-order valence-electron chi connectivity index (χ1n) is 3.72. The van der Waals surface area contributed by atoms with Crippen LogP contribution in [0.4, 0.5) is 0 Å². The van der Waals surface area contributed by atoms with Gasteiger partial charge < -0.3 is 0 Å². The fourth-order valence-electron chi connectivity index (χ4n) is 0.995. The Bertz CT molecular complexity index is 411. The molecule has 0 atom stereocenters. The first-order valence-corrected chi connectivity index (χ1v) is 4.50. The molecule has 2 rings (SSSR count). The fraction of sp³-hybridized carbons (Fsp3) is 0. The summed E-state index contributed by atoms with van der Waals surface area (Å²) in [6.45, 7) is 0. The molecule has 0 aliphatic heterocycles. The Kier molecular flexibility index (Phi) is 2.14. The van der Waals surface area contributed by atoms with Crippen LogP contribution in [-0.2, 0) is 0 Å². The summed E-state index contributed by atoms with van der Waals surface area (Å²) in [5, 5.41) is 0. The molecule has 0 bridgehead atoms. The van der Waals surface area contributed by atoms with Crippen molar-refractivity contribution in [1.29, 1.82) is 0 Å². The molecule has 0 radical (unpaired) electrons. The third-order valence-corrected chi connectivity index (χ3v) is 2.31. The summed E-state index contributed by atoms with van der Waals surface area (Å²) in [6, 6.07) is 5.51. The van der Waals surface area contributed by atoms with Crippen LogP contribution >= 0.6 is 11.5 Å². The van der Waals surface area contributed by atoms with Crippen molar-refractivity contribution in [3.05, 3.63) is 35.5 Å². The smallest absolute Gasteiger partial charge is 0.161 e. The van der Waals surface area contributed by atoms with E-state index in [-0.39, 0.29) is 0 Å². The molecule has 0 amide bonds. The normalized spacial score (nSPS) is 9.85. The van der Waals surface area contributed by atoms with E-state index in [1.54, 1.807) is 18.5 Å². The molecular weight excluding hydrogens is 184 g/mol. The first-order chi connectivity index (χ1) is 6.40. The quantitative estimate of drug-likeness (QED) is 0.680. The maximum atomic E-state index is 10.4. The molecule has 0 spiro atoms. The van der Waals surface area contributed by atoms with Gasteiger partial charge in [-0.1, -0.05) is 0 Å². The van der Waals surface area contributed by atoms with Crippen molar-refractivity contribution in [3.8, 4) is 11.3 Å². The highest BCUT2D eigenvalue weighted by Gasteiger charge is 2.02. The Morgan fingerprint density at radius 1 is 1.46 bits per heavy atom. The van der Waals surface area contributed by atoms with Crippen LogP contribution in [0.2, 0.25) is 0 Å². The molecule has 0 N–H and O–H groups in total. The average molecular weight is 190 g/mol. The van der Waals surface area contributed by atoms with Crippen LogP contribution in [0.3, 0.4) is 0 Å². The number of rotatable bonds is 2. The van der Waals surface area contributed by atoms with Crippen LogP contribution in [0.25, 0.3) is 11.3 Å². The third-order valence-electron chi connectivity index (χ3n) is 1.60. The van der Waals surface area contributed by atoms with Crippen LogP contribution in [0, 0.1) is 0 Å². The number of carbonyl (C=O) groups is 1. The number of hydrogen-bond acceptors (Lipinski definition) is 4. The summed E-state index contributed by atoms with van der Waals surface area (Å²) >= 11 is 1.20. The van der Waals surface area contributed by atoms with Gasteiger partial charge in [0.05, 0.1) is 10.6 Å². The summed E-state index contributed by atoms with van der Waals surface area (Å²) in [5.41, 5.74) is 1.74. The molecule has 2 aromatic rings. The molecule has 2 aromatic heterocycles. The lowest BCUT2D eigenvalue weighted by Gasteiger charge is -1.91. The summed E-state index contributed by atoms with van der Waals surface area (Å²) in [6.07, 6.45) is 4.23. The van der Waals surface area contributed by atoms with Crippen LogP contribution in [0.5, 0.6) is 0 Å². The van der Waals surface area contributed by atoms with Crippen molar-refractivity contribution < 1.29 is 4.79 Å². The van der Waals surface area contributed by atoms with Gasteiger partial charge in [0.25, 0.3) is 0 Å². The van der Waals surface area contributed by atoms with Gasteiger partial charge in [0.2, 0.25) is 0 Å². The molecule has 0 fully saturated rings. The maximum Gasteiger partial charge on any atom is 0.161 e. The lowest BCUT2D eigenvalue weighted by atomic mass is 10.2. The first kappa shape index (κ1) is 8.07. The molecule has 0 aromatic carbocycles. The van der Waals surface area contributed by atoms with Crippen LogP contribution < -0.4 is 0 Å². The highest BCUT2D eigenvalue weighted by molar-refractivity contribution is 7.07. The van der Waals surface area contributed by atoms with Gasteiger partial charge in [0.1, 0.15) is 0 Å². The van der Waals surface area contributed by atoms with Crippen LogP contribution in [0.1, 0.15) is 9.67 Å². The molecule has 64 valence electrons. The van der Waals surface area contributed by atoms with Gasteiger partial charge >= 0.3 is 0 Å². The predicted molar refractivity (Wildman–Crippen MR) is 50.7 cm³/mol. The SMILES string of the molecule is O=Cc1cc(-c2cccnc2)ns1. The number of aromatic nitrogens is 2. The minimum absolute atomic E-state index is 0.638. The van der Waals surface area contributed by atoms with E-state index in [0.29, 0.717) is 4.88 Å². The number of aldehydes is 1. The van der Waals surface area contributed by atoms with Crippen molar-refractivity contribution in [1.82, 2.24) is 9.36 Å². The van der Waals surface area contributed by atoms with Crippen molar-refractivity contribution in [2.45, 2.75) is 0 Å². The van der Waals surface area contributed by atoms with Crippen LogP contribution in [-0.4, -0.2) is 15.6 Å². The van der Waals surface area contributed by atoms with Crippen molar-refractivity contribution in [2.24, 2.45) is 0 Å². The van der Waals surface area contributed by atoms with Crippen LogP contribution in [0.15, 0.2) is 30.6 Å². The number of pyridine rings is 1. The number of nitrogens with zero attached hydrogens (tertiary/aromatic N) is 2. The summed E-state index contributed by atoms with van der Waals surface area (Å²) < 4.78 is 4.13. The van der Waals surface area contributed by atoms with E-state index in [9.17, 15) is 4.79 Å². The second kappa shape index (κ2) is 3.45. The van der Waals surface area contributed by atoms with E-state index >= 15 is 0 Å². The van der Waals surface area contributed by atoms with E-state index in [0.717, 1.165) is 17.5 Å². The van der Waals surface area contributed by atoms with Crippen molar-refractivity contribution in [2.75, 3.05) is 0 Å². The van der Waals surface area contributed by atoms with E-state index < -0.39 is 0 Å². The van der Waals surface area contributed by atoms with E-state index in [1.807, 2.05) is 12.1 Å². The minimum atomic E-state index is 0.638. The Morgan fingerprint density at radius 2 is 2.38 bits per heavy atom. The average Bonchev–Trinajstić information content (AvgIpc) is 2.67. The highest BCUT2D eigenvalue weighted by Crippen LogP contribution is 2.19. The minimum Gasteiger partial charge on any atom is -0.297 e. The summed E-state index contributed by atoms with van der Waals surface area (Å²) in [7, 11) is 0. The predicted octanol–water partition coefficient (Wildman–Crippen LogP) is 2.02. The largest absolute Gasteiger partial charge is 0.297 e. The standard InChI is InChI=1S/C9H6N2OS/c12-6-8-4-9(11-13-8)7-2-1-3-10-5-7/h1-6H. The second-order valence-corrected chi connectivity index (χ2v) is 3.31. The molecule has 4 heteroatoms. The Labute approximate surface area is 79.2 Å². The molecule has 0 saturated heterocycles. The number of carbonyl (C=O) groups excluding carboxylic acids is 1. The topological polar surface area (TPSA) is 42.9 Å². The Hall–Kier alpha value is -1.55. The van der Waals surface area contributed by atoms with Gasteiger partial charge in [0, 0.05) is 18.0 Å². The fourth-order valence-corrected chi connectivity index (χ4v) is 1.56. The molecule has 0 unspecified atom stereocenters. The summed E-state index contributed by atoms with van der Waals surface area (Å²) in [4.78, 5) is 15.0. The zero-order valence-corrected chi connectivity index (χ0v) is 7.49. The zero-order valence-electron chi connectivity index (χ0n) is 6.68. The van der Waals surface area contributed by atoms with Gasteiger partial charge in [-0.2, -0.15) is 4.37 Å². The van der Waals surface area contributed by atoms with E-state index in [4.69, 9.17) is 0 Å². The summed E-state index contributed by atoms with van der Waals surface area (Å²) in [5.74, 6) is 0. The van der Waals surface area contributed by atoms with Gasteiger partial charge in [-0.3, -0.25) is 9.78 Å². The van der Waals surface area contributed by atoms with E-state index in [1.165, 1.54) is 11.5 Å². The Morgan fingerprint density at radius 3 is 3.00 bits per heavy atom. The highest BCUT2D eigenvalue weighted by atomic mass is 32.1. The number of hydrogen-bond donors (Lipinski definition) is 0. The van der Waals surface area contributed by atoms with Gasteiger partial charge in [-0.05, 0) is 29.7 Å². The maximum absolute atomic E-state index is 10.4. The zero-order chi connectivity index (χ0) is 9.10. The lowest BCUT2D eigenvalue weighted by molar-refractivity contribution is 0.112.